The zero-order valence-corrected chi connectivity index (χ0v) is 11.6. The molecule has 0 saturated heterocycles. The highest BCUT2D eigenvalue weighted by Gasteiger charge is 2.28. The smallest absolute Gasteiger partial charge is 0.215 e. The summed E-state index contributed by atoms with van der Waals surface area (Å²) in [5, 5.41) is 13.5. The first-order valence-corrected chi connectivity index (χ1v) is 6.93. The second-order valence-electron chi connectivity index (χ2n) is 4.01. The summed E-state index contributed by atoms with van der Waals surface area (Å²) in [6.07, 6.45) is 4.15. The van der Waals surface area contributed by atoms with Crippen molar-refractivity contribution >= 4 is 27.7 Å². The summed E-state index contributed by atoms with van der Waals surface area (Å²) in [5.74, 6) is 0. The van der Waals surface area contributed by atoms with Crippen LogP contribution in [0.4, 0.5) is 0 Å². The van der Waals surface area contributed by atoms with Crippen LogP contribution >= 0.6 is 27.7 Å². The Morgan fingerprint density at radius 1 is 1.47 bits per heavy atom. The van der Waals surface area contributed by atoms with Gasteiger partial charge in [-0.15, -0.1) is 5.10 Å². The highest BCUT2D eigenvalue weighted by Crippen LogP contribution is 2.37. The van der Waals surface area contributed by atoms with Gasteiger partial charge in [-0.2, -0.15) is 0 Å². The van der Waals surface area contributed by atoms with Gasteiger partial charge in [0.2, 0.25) is 5.16 Å². The molecule has 0 atom stereocenters. The van der Waals surface area contributed by atoms with Crippen LogP contribution < -0.4 is 0 Å². The molecule has 0 radical (unpaired) electrons. The number of aromatic nitrogens is 5. The van der Waals surface area contributed by atoms with Crippen LogP contribution in [0.2, 0.25) is 0 Å². The van der Waals surface area contributed by atoms with Crippen molar-refractivity contribution in [3.63, 3.8) is 0 Å². The Balaban J connectivity index is 1.85. The molecule has 0 N–H and O–H groups in total. The Bertz CT molecular complexity index is 551. The SMILES string of the molecule is Cc1cc(Sc2nnnn2C2CC2)ncc1Br. The summed E-state index contributed by atoms with van der Waals surface area (Å²) < 4.78 is 2.91. The molecular formula is C10H10BrN5S. The zero-order chi connectivity index (χ0) is 11.8. The predicted octanol–water partition coefficient (Wildman–Crippen LogP) is 2.63. The van der Waals surface area contributed by atoms with E-state index in [2.05, 4.69) is 36.4 Å². The average molecular weight is 312 g/mol. The van der Waals surface area contributed by atoms with Gasteiger partial charge in [0.15, 0.2) is 0 Å². The van der Waals surface area contributed by atoms with Crippen molar-refractivity contribution in [2.24, 2.45) is 0 Å². The van der Waals surface area contributed by atoms with Crippen LogP contribution in [0.3, 0.4) is 0 Å². The minimum atomic E-state index is 0.490. The van der Waals surface area contributed by atoms with Gasteiger partial charge in [-0.1, -0.05) is 0 Å². The number of pyridine rings is 1. The lowest BCUT2D eigenvalue weighted by Gasteiger charge is -2.03. The van der Waals surface area contributed by atoms with Gasteiger partial charge in [-0.05, 0) is 69.5 Å². The van der Waals surface area contributed by atoms with Crippen molar-refractivity contribution in [1.82, 2.24) is 25.2 Å². The van der Waals surface area contributed by atoms with Crippen molar-refractivity contribution in [2.45, 2.75) is 36.0 Å². The molecule has 1 aliphatic rings. The first-order valence-electron chi connectivity index (χ1n) is 5.32. The number of aryl methyl sites for hydroxylation is 1. The number of hydrogen-bond donors (Lipinski definition) is 0. The monoisotopic (exact) mass is 311 g/mol. The predicted molar refractivity (Wildman–Crippen MR) is 66.9 cm³/mol. The van der Waals surface area contributed by atoms with Crippen LogP contribution in [0.5, 0.6) is 0 Å². The first-order chi connectivity index (χ1) is 8.24. The van der Waals surface area contributed by atoms with E-state index in [1.807, 2.05) is 23.9 Å². The van der Waals surface area contributed by atoms with Crippen LogP contribution in [0.1, 0.15) is 24.4 Å². The fraction of sp³-hybridized carbons (Fsp3) is 0.400. The van der Waals surface area contributed by atoms with E-state index in [0.717, 1.165) is 20.2 Å². The molecular weight excluding hydrogens is 302 g/mol. The Morgan fingerprint density at radius 3 is 3.00 bits per heavy atom. The Labute approximate surface area is 111 Å². The lowest BCUT2D eigenvalue weighted by atomic mass is 10.3. The molecule has 17 heavy (non-hydrogen) atoms. The molecule has 0 unspecified atom stereocenters. The third kappa shape index (κ3) is 2.35. The topological polar surface area (TPSA) is 56.5 Å². The van der Waals surface area contributed by atoms with Crippen LogP contribution in [-0.2, 0) is 0 Å². The molecule has 0 spiro atoms. The summed E-state index contributed by atoms with van der Waals surface area (Å²) in [6, 6.07) is 2.52. The highest BCUT2D eigenvalue weighted by molar-refractivity contribution is 9.10. The van der Waals surface area contributed by atoms with E-state index in [9.17, 15) is 0 Å². The molecule has 7 heteroatoms. The van der Waals surface area contributed by atoms with E-state index in [1.54, 1.807) is 0 Å². The number of rotatable bonds is 3. The maximum absolute atomic E-state index is 4.34. The molecule has 0 aliphatic heterocycles. The van der Waals surface area contributed by atoms with Gasteiger partial charge in [-0.25, -0.2) is 9.67 Å². The largest absolute Gasteiger partial charge is 0.248 e. The van der Waals surface area contributed by atoms with Crippen molar-refractivity contribution in [3.05, 3.63) is 22.3 Å². The third-order valence-electron chi connectivity index (χ3n) is 2.57. The normalized spacial score (nSPS) is 15.2. The van der Waals surface area contributed by atoms with Crippen LogP contribution in [0, 0.1) is 6.92 Å². The number of nitrogens with zero attached hydrogens (tertiary/aromatic N) is 5. The number of tetrazole rings is 1. The Kier molecular flexibility index (Phi) is 2.87. The Morgan fingerprint density at radius 2 is 2.29 bits per heavy atom. The fourth-order valence-electron chi connectivity index (χ4n) is 1.46. The number of hydrogen-bond acceptors (Lipinski definition) is 5. The lowest BCUT2D eigenvalue weighted by molar-refractivity contribution is 0.565. The molecule has 88 valence electrons. The van der Waals surface area contributed by atoms with Gasteiger partial charge in [0.1, 0.15) is 5.03 Å². The molecule has 1 aliphatic carbocycles. The third-order valence-corrected chi connectivity index (χ3v) is 4.29. The highest BCUT2D eigenvalue weighted by atomic mass is 79.9. The molecule has 3 rings (SSSR count). The molecule has 2 heterocycles. The van der Waals surface area contributed by atoms with E-state index >= 15 is 0 Å². The summed E-state index contributed by atoms with van der Waals surface area (Å²) in [7, 11) is 0. The molecule has 2 aromatic rings. The van der Waals surface area contributed by atoms with Crippen LogP contribution in [0.15, 0.2) is 26.9 Å². The molecule has 1 fully saturated rings. The van der Waals surface area contributed by atoms with Crippen molar-refractivity contribution in [3.8, 4) is 0 Å². The second kappa shape index (κ2) is 4.38. The zero-order valence-electron chi connectivity index (χ0n) is 9.17. The standard InChI is InChI=1S/C10H10BrN5S/c1-6-4-9(12-5-8(6)11)17-10-13-14-15-16(10)7-2-3-7/h4-5,7H,2-3H2,1H3. The summed E-state index contributed by atoms with van der Waals surface area (Å²) in [5.41, 5.74) is 1.16. The van der Waals surface area contributed by atoms with Crippen LogP contribution in [-0.4, -0.2) is 25.2 Å². The van der Waals surface area contributed by atoms with E-state index in [4.69, 9.17) is 0 Å². The van der Waals surface area contributed by atoms with Gasteiger partial charge in [-0.3, -0.25) is 0 Å². The summed E-state index contributed by atoms with van der Waals surface area (Å²) >= 11 is 4.94. The molecule has 0 aromatic carbocycles. The second-order valence-corrected chi connectivity index (χ2v) is 5.85. The van der Waals surface area contributed by atoms with Gasteiger partial charge >= 0.3 is 0 Å². The number of halogens is 1. The molecule has 1 saturated carbocycles. The molecule has 0 amide bonds. The van der Waals surface area contributed by atoms with Gasteiger partial charge in [0, 0.05) is 10.7 Å². The summed E-state index contributed by atoms with van der Waals surface area (Å²) in [4.78, 5) is 4.34. The fourth-order valence-corrected chi connectivity index (χ4v) is 2.57. The van der Waals surface area contributed by atoms with E-state index in [-0.39, 0.29) is 0 Å². The molecule has 2 aromatic heterocycles. The minimum absolute atomic E-state index is 0.490. The van der Waals surface area contributed by atoms with Crippen molar-refractivity contribution in [1.29, 1.82) is 0 Å². The minimum Gasteiger partial charge on any atom is -0.248 e. The molecule has 0 bridgehead atoms. The maximum Gasteiger partial charge on any atom is 0.215 e. The van der Waals surface area contributed by atoms with Gasteiger partial charge < -0.3 is 0 Å². The van der Waals surface area contributed by atoms with Crippen molar-refractivity contribution in [2.75, 3.05) is 0 Å². The molecule has 5 nitrogen and oxygen atoms in total. The Hall–Kier alpha value is -0.950. The van der Waals surface area contributed by atoms with Gasteiger partial charge in [0.05, 0.1) is 6.04 Å². The summed E-state index contributed by atoms with van der Waals surface area (Å²) in [6.45, 7) is 2.04. The van der Waals surface area contributed by atoms with E-state index in [1.165, 1.54) is 24.6 Å². The maximum atomic E-state index is 4.34. The van der Waals surface area contributed by atoms with E-state index in [0.29, 0.717) is 6.04 Å². The average Bonchev–Trinajstić information content (AvgIpc) is 3.05. The quantitative estimate of drug-likeness (QED) is 0.872. The van der Waals surface area contributed by atoms with Crippen LogP contribution in [0.25, 0.3) is 0 Å². The first kappa shape index (κ1) is 11.2. The van der Waals surface area contributed by atoms with Crippen molar-refractivity contribution < 1.29 is 0 Å². The van der Waals surface area contributed by atoms with E-state index < -0.39 is 0 Å². The lowest BCUT2D eigenvalue weighted by Crippen LogP contribution is -1.98. The van der Waals surface area contributed by atoms with Gasteiger partial charge in [0.25, 0.3) is 0 Å².